The third kappa shape index (κ3) is 6.28. The van der Waals surface area contributed by atoms with E-state index in [2.05, 4.69) is 0 Å². The zero-order valence-electron chi connectivity index (χ0n) is 25.5. The van der Waals surface area contributed by atoms with Gasteiger partial charge in [-0.2, -0.15) is 0 Å². The second kappa shape index (κ2) is 9.04. The Morgan fingerprint density at radius 2 is 0.943 bits per heavy atom. The van der Waals surface area contributed by atoms with Gasteiger partial charge >= 0.3 is 5.97 Å². The molecule has 0 bridgehead atoms. The van der Waals surface area contributed by atoms with Crippen molar-refractivity contribution in [1.82, 2.24) is 0 Å². The Morgan fingerprint density at radius 1 is 0.657 bits per heavy atom. The van der Waals surface area contributed by atoms with E-state index in [1.54, 1.807) is 12.1 Å². The van der Waals surface area contributed by atoms with Gasteiger partial charge in [0.05, 0.1) is 2.74 Å². The molecule has 0 heterocycles. The highest BCUT2D eigenvalue weighted by Crippen LogP contribution is 2.45. The Bertz CT molecular complexity index is 1170. The lowest BCUT2D eigenvalue weighted by Crippen LogP contribution is -2.19. The first-order valence-corrected chi connectivity index (χ1v) is 12.1. The summed E-state index contributed by atoms with van der Waals surface area (Å²) in [5, 5.41) is 32.4. The molecule has 0 unspecified atom stereocenters. The zero-order chi connectivity index (χ0) is 29.0. The second-order valence-corrected chi connectivity index (χ2v) is 13.5. The van der Waals surface area contributed by atoms with Crippen LogP contribution in [0.3, 0.4) is 0 Å². The fourth-order valence-electron chi connectivity index (χ4n) is 4.10. The molecule has 0 saturated heterocycles. The van der Waals surface area contributed by atoms with Gasteiger partial charge in [0.25, 0.3) is 0 Å². The largest absolute Gasteiger partial charge is 0.507 e. The molecule has 0 aliphatic rings. The summed E-state index contributed by atoms with van der Waals surface area (Å²) >= 11 is 0. The summed E-state index contributed by atoms with van der Waals surface area (Å²) in [6, 6.07) is 3.41. The topological polar surface area (TPSA) is 77.8 Å². The molecular formula is C31H44O4. The first kappa shape index (κ1) is 25.3. The van der Waals surface area contributed by atoms with Gasteiger partial charge in [-0.3, -0.25) is 0 Å². The van der Waals surface area contributed by atoms with Gasteiger partial charge in [-0.15, -0.1) is 0 Å². The number of aromatic hydroxyl groups is 2. The van der Waals surface area contributed by atoms with Crippen molar-refractivity contribution in [3.05, 3.63) is 63.7 Å². The number of phenols is 2. The molecular weight excluding hydrogens is 436 g/mol. The van der Waals surface area contributed by atoms with Gasteiger partial charge in [0.2, 0.25) is 0 Å². The van der Waals surface area contributed by atoms with Gasteiger partial charge in [-0.25, -0.2) is 4.79 Å². The smallest absolute Gasteiger partial charge is 0.328 e. The molecule has 0 radical (unpaired) electrons. The zero-order valence-corrected chi connectivity index (χ0v) is 23.5. The quantitative estimate of drug-likeness (QED) is 0.390. The van der Waals surface area contributed by atoms with Crippen LogP contribution in [-0.4, -0.2) is 21.3 Å². The third-order valence-electron chi connectivity index (χ3n) is 6.04. The van der Waals surface area contributed by atoms with Crippen LogP contribution in [0.5, 0.6) is 11.5 Å². The van der Waals surface area contributed by atoms with Crippen LogP contribution in [0.4, 0.5) is 0 Å². The molecule has 0 spiro atoms. The predicted molar refractivity (Wildman–Crippen MR) is 146 cm³/mol. The van der Waals surface area contributed by atoms with Gasteiger partial charge in [0.15, 0.2) is 0 Å². The fraction of sp³-hybridized carbons (Fsp3) is 0.516. The maximum atomic E-state index is 12.1. The van der Waals surface area contributed by atoms with E-state index in [9.17, 15) is 20.1 Å². The summed E-state index contributed by atoms with van der Waals surface area (Å²) in [5.41, 5.74) is 0.702. The van der Waals surface area contributed by atoms with Crippen molar-refractivity contribution in [3.8, 4) is 11.5 Å². The SMILES string of the molecule is [2H]c1c(C(=CC(=O)O)c2cc(C(C)(C)C)c(O)c(C(C)(C)C)c2[2H])cc(C(C)(C)C)c(O)c1C(C)(C)C. The van der Waals surface area contributed by atoms with Crippen LogP contribution in [0.15, 0.2) is 30.3 Å². The normalized spacial score (nSPS) is 13.8. The summed E-state index contributed by atoms with van der Waals surface area (Å²) in [5.74, 6) is -1.14. The van der Waals surface area contributed by atoms with Gasteiger partial charge in [-0.1, -0.05) is 83.1 Å². The molecule has 2 aromatic rings. The molecule has 0 saturated carbocycles. The summed E-state index contributed by atoms with van der Waals surface area (Å²) in [7, 11) is 0. The average Bonchev–Trinajstić information content (AvgIpc) is 2.62. The van der Waals surface area contributed by atoms with E-state index in [0.717, 1.165) is 6.08 Å². The molecule has 0 aliphatic carbocycles. The van der Waals surface area contributed by atoms with Gasteiger partial charge in [0, 0.05) is 28.3 Å². The van der Waals surface area contributed by atoms with E-state index < -0.39 is 27.6 Å². The van der Waals surface area contributed by atoms with Crippen molar-refractivity contribution >= 4 is 11.5 Å². The minimum atomic E-state index is -1.21. The van der Waals surface area contributed by atoms with Crippen molar-refractivity contribution in [2.45, 2.75) is 105 Å². The van der Waals surface area contributed by atoms with Crippen LogP contribution in [0.1, 0.15) is 119 Å². The van der Waals surface area contributed by atoms with E-state index in [0.29, 0.717) is 33.4 Å². The maximum absolute atomic E-state index is 12.1. The van der Waals surface area contributed by atoms with Crippen LogP contribution in [0.2, 0.25) is 0 Å². The summed E-state index contributed by atoms with van der Waals surface area (Å²) in [6.45, 7) is 23.1. The van der Waals surface area contributed by atoms with Crippen molar-refractivity contribution in [2.24, 2.45) is 0 Å². The van der Waals surface area contributed by atoms with E-state index in [4.69, 9.17) is 2.74 Å². The number of aliphatic carboxylic acids is 1. The Labute approximate surface area is 214 Å². The number of carboxylic acid groups (broad SMARTS) is 1. The van der Waals surface area contributed by atoms with Crippen LogP contribution in [0.25, 0.3) is 5.57 Å². The van der Waals surface area contributed by atoms with Crippen LogP contribution < -0.4 is 0 Å². The van der Waals surface area contributed by atoms with Gasteiger partial charge in [-0.05, 0) is 62.6 Å². The van der Waals surface area contributed by atoms with Gasteiger partial charge in [0.1, 0.15) is 11.5 Å². The number of carbonyl (C=O) groups is 1. The van der Waals surface area contributed by atoms with E-state index in [-0.39, 0.29) is 29.2 Å². The van der Waals surface area contributed by atoms with Crippen LogP contribution >= 0.6 is 0 Å². The van der Waals surface area contributed by atoms with E-state index >= 15 is 0 Å². The van der Waals surface area contributed by atoms with Crippen LogP contribution in [-0.2, 0) is 26.5 Å². The first-order valence-electron chi connectivity index (χ1n) is 13.1. The molecule has 2 aromatic carbocycles. The molecule has 0 aliphatic heterocycles. The van der Waals surface area contributed by atoms with E-state index in [1.165, 1.54) is 0 Å². The van der Waals surface area contributed by atoms with Crippen molar-refractivity contribution < 1.29 is 22.9 Å². The van der Waals surface area contributed by atoms with Crippen molar-refractivity contribution in [2.75, 3.05) is 0 Å². The minimum Gasteiger partial charge on any atom is -0.507 e. The highest BCUT2D eigenvalue weighted by molar-refractivity contribution is 5.96. The molecule has 0 amide bonds. The molecule has 3 N–H and O–H groups in total. The predicted octanol–water partition coefficient (Wildman–Crippen LogP) is 7.80. The highest BCUT2D eigenvalue weighted by atomic mass is 16.4. The number of phenolic OH excluding ortho intramolecular Hbond substituents is 2. The monoisotopic (exact) mass is 482 g/mol. The Morgan fingerprint density at radius 3 is 1.17 bits per heavy atom. The van der Waals surface area contributed by atoms with Crippen LogP contribution in [0, 0.1) is 0 Å². The lowest BCUT2D eigenvalue weighted by Gasteiger charge is -2.30. The lowest BCUT2D eigenvalue weighted by molar-refractivity contribution is -0.131. The molecule has 0 aromatic heterocycles. The average molecular weight is 483 g/mol. The van der Waals surface area contributed by atoms with Gasteiger partial charge < -0.3 is 15.3 Å². The maximum Gasteiger partial charge on any atom is 0.328 e. The number of hydrogen-bond acceptors (Lipinski definition) is 3. The molecule has 4 nitrogen and oxygen atoms in total. The lowest BCUT2D eigenvalue weighted by atomic mass is 9.75. The summed E-state index contributed by atoms with van der Waals surface area (Å²) < 4.78 is 18.3. The Balaban J connectivity index is 3.24. The molecule has 2 rings (SSSR count). The third-order valence-corrected chi connectivity index (χ3v) is 6.04. The standard InChI is InChI=1S/C31H44O4/c1-28(2,3)21-13-18(14-22(26(21)34)29(4,5)6)20(17-25(32)33)19-15-23(30(7,8)9)27(35)24(16-19)31(10,11)12/h13-17,34-35H,1-12H3,(H,32,33)/i13D,15D. The Kier molecular flexibility index (Phi) is 6.54. The molecule has 192 valence electrons. The van der Waals surface area contributed by atoms with Crippen molar-refractivity contribution in [1.29, 1.82) is 0 Å². The van der Waals surface area contributed by atoms with Crippen molar-refractivity contribution in [3.63, 3.8) is 0 Å². The number of rotatable bonds is 3. The minimum absolute atomic E-state index is 0.0209. The fourth-order valence-corrected chi connectivity index (χ4v) is 4.10. The number of benzene rings is 2. The number of hydrogen-bond donors (Lipinski definition) is 3. The highest BCUT2D eigenvalue weighted by Gasteiger charge is 2.30. The second-order valence-electron chi connectivity index (χ2n) is 13.5. The summed E-state index contributed by atoms with van der Waals surface area (Å²) in [4.78, 5) is 12.1. The molecule has 35 heavy (non-hydrogen) atoms. The Hall–Kier alpha value is -2.75. The molecule has 0 fully saturated rings. The summed E-state index contributed by atoms with van der Waals surface area (Å²) in [6.07, 6.45) is 1.03. The number of carboxylic acids is 1. The molecule has 0 atom stereocenters. The van der Waals surface area contributed by atoms with E-state index in [1.807, 2.05) is 83.1 Å². The molecule has 4 heteroatoms. The first-order chi connectivity index (χ1) is 16.4.